The Morgan fingerprint density at radius 3 is 2.91 bits per heavy atom. The standard InChI is InChI=1S/C18H22N2O3/c1-18(2,3)23-17(21)20-8-4-5-16-14(20)10-13-9-12(11-19)6-7-15(13)22-16/h6-7,9,14,16H,4-5,8,10H2,1-3H3. The highest BCUT2D eigenvalue weighted by atomic mass is 16.6. The van der Waals surface area contributed by atoms with Crippen molar-refractivity contribution in [2.75, 3.05) is 6.54 Å². The lowest BCUT2D eigenvalue weighted by molar-refractivity contribution is -0.0214. The maximum absolute atomic E-state index is 12.5. The summed E-state index contributed by atoms with van der Waals surface area (Å²) < 4.78 is 11.6. The van der Waals surface area contributed by atoms with Crippen LogP contribution in [0.3, 0.4) is 0 Å². The monoisotopic (exact) mass is 314 g/mol. The summed E-state index contributed by atoms with van der Waals surface area (Å²) in [6, 6.07) is 7.61. The molecule has 2 heterocycles. The van der Waals surface area contributed by atoms with Crippen molar-refractivity contribution in [3.05, 3.63) is 29.3 Å². The predicted octanol–water partition coefficient (Wildman–Crippen LogP) is 3.26. The number of nitriles is 1. The molecule has 0 radical (unpaired) electrons. The zero-order chi connectivity index (χ0) is 16.6. The maximum atomic E-state index is 12.5. The van der Waals surface area contributed by atoms with E-state index in [-0.39, 0.29) is 18.2 Å². The number of ether oxygens (including phenoxy) is 2. The fourth-order valence-corrected chi connectivity index (χ4v) is 3.26. The highest BCUT2D eigenvalue weighted by molar-refractivity contribution is 5.69. The minimum absolute atomic E-state index is 0.00305. The van der Waals surface area contributed by atoms with Gasteiger partial charge in [-0.15, -0.1) is 0 Å². The van der Waals surface area contributed by atoms with E-state index in [1.165, 1.54) is 0 Å². The number of amides is 1. The van der Waals surface area contributed by atoms with Gasteiger partial charge >= 0.3 is 6.09 Å². The van der Waals surface area contributed by atoms with Crippen molar-refractivity contribution in [1.29, 1.82) is 5.26 Å². The molecule has 0 aromatic heterocycles. The SMILES string of the molecule is CC(C)(C)OC(=O)N1CCCC2Oc3ccc(C#N)cc3CC21. The second-order valence-electron chi connectivity index (χ2n) is 7.18. The molecule has 1 fully saturated rings. The van der Waals surface area contributed by atoms with Gasteiger partial charge in [-0.2, -0.15) is 5.26 Å². The van der Waals surface area contributed by atoms with Crippen molar-refractivity contribution in [3.63, 3.8) is 0 Å². The quantitative estimate of drug-likeness (QED) is 0.737. The Balaban J connectivity index is 1.84. The first-order chi connectivity index (χ1) is 10.9. The number of fused-ring (bicyclic) bond motifs is 2. The lowest BCUT2D eigenvalue weighted by Crippen LogP contribution is -2.56. The van der Waals surface area contributed by atoms with Crippen LogP contribution in [0.4, 0.5) is 4.79 Å². The van der Waals surface area contributed by atoms with Gasteiger partial charge in [0.25, 0.3) is 0 Å². The Morgan fingerprint density at radius 2 is 2.22 bits per heavy atom. The van der Waals surface area contributed by atoms with Crippen molar-refractivity contribution in [1.82, 2.24) is 4.90 Å². The Kier molecular flexibility index (Phi) is 3.93. The minimum Gasteiger partial charge on any atom is -0.488 e. The first-order valence-electron chi connectivity index (χ1n) is 8.07. The second-order valence-corrected chi connectivity index (χ2v) is 7.18. The summed E-state index contributed by atoms with van der Waals surface area (Å²) in [6.45, 7) is 6.31. The van der Waals surface area contributed by atoms with Gasteiger partial charge in [-0.05, 0) is 57.4 Å². The number of hydrogen-bond donors (Lipinski definition) is 0. The summed E-state index contributed by atoms with van der Waals surface area (Å²) >= 11 is 0. The molecule has 5 nitrogen and oxygen atoms in total. The summed E-state index contributed by atoms with van der Waals surface area (Å²) in [5.74, 6) is 0.830. The number of piperidine rings is 1. The molecule has 2 aliphatic rings. The number of benzene rings is 1. The molecule has 0 aliphatic carbocycles. The number of carbonyl (C=O) groups excluding carboxylic acids is 1. The van der Waals surface area contributed by atoms with Crippen molar-refractivity contribution < 1.29 is 14.3 Å². The molecule has 23 heavy (non-hydrogen) atoms. The van der Waals surface area contributed by atoms with Crippen LogP contribution in [0.25, 0.3) is 0 Å². The fraction of sp³-hybridized carbons (Fsp3) is 0.556. The van der Waals surface area contributed by atoms with Crippen LogP contribution in [0.1, 0.15) is 44.7 Å². The maximum Gasteiger partial charge on any atom is 0.410 e. The minimum atomic E-state index is -0.508. The predicted molar refractivity (Wildman–Crippen MR) is 85.2 cm³/mol. The van der Waals surface area contributed by atoms with Gasteiger partial charge < -0.3 is 14.4 Å². The van der Waals surface area contributed by atoms with E-state index >= 15 is 0 Å². The Hall–Kier alpha value is -2.22. The average Bonchev–Trinajstić information content (AvgIpc) is 2.50. The first kappa shape index (κ1) is 15.7. The summed E-state index contributed by atoms with van der Waals surface area (Å²) in [6.07, 6.45) is 2.26. The molecule has 2 aliphatic heterocycles. The number of likely N-dealkylation sites (tertiary alicyclic amines) is 1. The molecule has 2 atom stereocenters. The van der Waals surface area contributed by atoms with Crippen LogP contribution in [-0.4, -0.2) is 35.3 Å². The zero-order valence-corrected chi connectivity index (χ0v) is 13.8. The number of nitrogens with zero attached hydrogens (tertiary/aromatic N) is 2. The van der Waals surface area contributed by atoms with E-state index in [1.54, 1.807) is 11.0 Å². The fourth-order valence-electron chi connectivity index (χ4n) is 3.26. The van der Waals surface area contributed by atoms with Crippen LogP contribution < -0.4 is 4.74 Å². The van der Waals surface area contributed by atoms with Crippen molar-refractivity contribution in [2.24, 2.45) is 0 Å². The largest absolute Gasteiger partial charge is 0.488 e. The van der Waals surface area contributed by atoms with Crippen LogP contribution in [0.2, 0.25) is 0 Å². The topological polar surface area (TPSA) is 62.6 Å². The van der Waals surface area contributed by atoms with Gasteiger partial charge in [-0.3, -0.25) is 0 Å². The highest BCUT2D eigenvalue weighted by Gasteiger charge is 2.40. The molecular weight excluding hydrogens is 292 g/mol. The van der Waals surface area contributed by atoms with E-state index < -0.39 is 5.60 Å². The van der Waals surface area contributed by atoms with Gasteiger partial charge in [0.15, 0.2) is 0 Å². The summed E-state index contributed by atoms with van der Waals surface area (Å²) in [7, 11) is 0. The van der Waals surface area contributed by atoms with E-state index in [0.29, 0.717) is 18.5 Å². The van der Waals surface area contributed by atoms with E-state index in [2.05, 4.69) is 6.07 Å². The van der Waals surface area contributed by atoms with Crippen molar-refractivity contribution in [3.8, 4) is 11.8 Å². The molecule has 122 valence electrons. The van der Waals surface area contributed by atoms with Crippen LogP contribution in [0, 0.1) is 11.3 Å². The summed E-state index contributed by atoms with van der Waals surface area (Å²) in [5, 5.41) is 9.06. The molecule has 1 saturated heterocycles. The molecule has 5 heteroatoms. The second kappa shape index (κ2) is 5.77. The zero-order valence-electron chi connectivity index (χ0n) is 13.8. The van der Waals surface area contributed by atoms with Gasteiger partial charge in [0, 0.05) is 13.0 Å². The number of rotatable bonds is 0. The molecule has 1 aromatic rings. The third-order valence-electron chi connectivity index (χ3n) is 4.24. The number of carbonyl (C=O) groups is 1. The molecule has 0 N–H and O–H groups in total. The van der Waals surface area contributed by atoms with E-state index in [0.717, 1.165) is 24.2 Å². The van der Waals surface area contributed by atoms with E-state index in [4.69, 9.17) is 14.7 Å². The molecule has 1 amide bonds. The van der Waals surface area contributed by atoms with Crippen LogP contribution in [-0.2, 0) is 11.2 Å². The third kappa shape index (κ3) is 3.26. The molecule has 3 rings (SSSR count). The molecule has 0 saturated carbocycles. The molecule has 0 bridgehead atoms. The van der Waals surface area contributed by atoms with Gasteiger partial charge in [0.1, 0.15) is 17.5 Å². The Morgan fingerprint density at radius 1 is 1.43 bits per heavy atom. The van der Waals surface area contributed by atoms with Crippen LogP contribution in [0.5, 0.6) is 5.75 Å². The van der Waals surface area contributed by atoms with Crippen molar-refractivity contribution >= 4 is 6.09 Å². The van der Waals surface area contributed by atoms with E-state index in [9.17, 15) is 4.79 Å². The lowest BCUT2D eigenvalue weighted by atomic mass is 9.89. The third-order valence-corrected chi connectivity index (χ3v) is 4.24. The van der Waals surface area contributed by atoms with Gasteiger partial charge in [0.2, 0.25) is 0 Å². The summed E-state index contributed by atoms with van der Waals surface area (Å²) in [4.78, 5) is 14.3. The summed E-state index contributed by atoms with van der Waals surface area (Å²) in [5.41, 5.74) is 1.09. The normalized spacial score (nSPS) is 23.1. The number of hydrogen-bond acceptors (Lipinski definition) is 4. The van der Waals surface area contributed by atoms with Gasteiger partial charge in [-0.1, -0.05) is 0 Å². The lowest BCUT2D eigenvalue weighted by Gasteiger charge is -2.44. The average molecular weight is 314 g/mol. The van der Waals surface area contributed by atoms with Gasteiger partial charge in [0.05, 0.1) is 17.7 Å². The highest BCUT2D eigenvalue weighted by Crippen LogP contribution is 2.35. The first-order valence-corrected chi connectivity index (χ1v) is 8.07. The van der Waals surface area contributed by atoms with Gasteiger partial charge in [-0.25, -0.2) is 4.79 Å². The Labute approximate surface area is 136 Å². The van der Waals surface area contributed by atoms with Crippen LogP contribution >= 0.6 is 0 Å². The Bertz CT molecular complexity index is 657. The van der Waals surface area contributed by atoms with E-state index in [1.807, 2.05) is 32.9 Å². The molecule has 2 unspecified atom stereocenters. The molecule has 1 aromatic carbocycles. The smallest absolute Gasteiger partial charge is 0.410 e. The van der Waals surface area contributed by atoms with Crippen LogP contribution in [0.15, 0.2) is 18.2 Å². The molecular formula is C18H22N2O3. The van der Waals surface area contributed by atoms with Crippen molar-refractivity contribution in [2.45, 2.75) is 57.8 Å². The molecule has 0 spiro atoms.